The zero-order chi connectivity index (χ0) is 20.0. The summed E-state index contributed by atoms with van der Waals surface area (Å²) in [6.07, 6.45) is 4.52. The maximum absolute atomic E-state index is 12.7. The predicted molar refractivity (Wildman–Crippen MR) is 109 cm³/mol. The normalized spacial score (nSPS) is 19.0. The van der Waals surface area contributed by atoms with Crippen molar-refractivity contribution >= 4 is 28.5 Å². The summed E-state index contributed by atoms with van der Waals surface area (Å²) in [5.41, 5.74) is 3.26. The van der Waals surface area contributed by atoms with Gasteiger partial charge < -0.3 is 19.5 Å². The molecule has 2 aromatic carbocycles. The van der Waals surface area contributed by atoms with Gasteiger partial charge in [-0.15, -0.1) is 0 Å². The zero-order valence-electron chi connectivity index (χ0n) is 16.2. The number of imidazole rings is 1. The Labute approximate surface area is 168 Å². The molecule has 1 saturated heterocycles. The van der Waals surface area contributed by atoms with E-state index in [9.17, 15) is 9.59 Å². The van der Waals surface area contributed by atoms with Gasteiger partial charge >= 0.3 is 0 Å². The first-order chi connectivity index (χ1) is 14.1. The fraction of sp³-hybridized carbons (Fsp3) is 0.318. The highest BCUT2D eigenvalue weighted by atomic mass is 16.5. The number of rotatable bonds is 5. The van der Waals surface area contributed by atoms with Gasteiger partial charge in [-0.2, -0.15) is 0 Å². The van der Waals surface area contributed by atoms with Crippen LogP contribution < -0.4 is 15.0 Å². The van der Waals surface area contributed by atoms with Crippen molar-refractivity contribution in [2.75, 3.05) is 18.6 Å². The Morgan fingerprint density at radius 1 is 1.17 bits per heavy atom. The van der Waals surface area contributed by atoms with Gasteiger partial charge in [-0.25, -0.2) is 4.98 Å². The van der Waals surface area contributed by atoms with E-state index in [-0.39, 0.29) is 24.3 Å². The Bertz CT molecular complexity index is 1090. The van der Waals surface area contributed by atoms with E-state index in [0.717, 1.165) is 22.5 Å². The number of fused-ring (bicyclic) bond motifs is 1. The monoisotopic (exact) mass is 390 g/mol. The first kappa shape index (κ1) is 17.7. The van der Waals surface area contributed by atoms with Gasteiger partial charge in [0.25, 0.3) is 5.91 Å². The zero-order valence-corrected chi connectivity index (χ0v) is 16.2. The van der Waals surface area contributed by atoms with Crippen LogP contribution in [0.2, 0.25) is 0 Å². The molecule has 0 radical (unpaired) electrons. The van der Waals surface area contributed by atoms with Crippen LogP contribution in [-0.2, 0) is 4.79 Å². The Morgan fingerprint density at radius 3 is 2.69 bits per heavy atom. The Hall–Kier alpha value is -3.35. The van der Waals surface area contributed by atoms with Crippen LogP contribution in [0.4, 0.5) is 5.69 Å². The van der Waals surface area contributed by atoms with Crippen LogP contribution in [0.3, 0.4) is 0 Å². The lowest BCUT2D eigenvalue weighted by atomic mass is 10.1. The first-order valence-electron chi connectivity index (χ1n) is 9.84. The second-order valence-corrected chi connectivity index (χ2v) is 7.66. The number of hydrogen-bond acceptors (Lipinski definition) is 4. The van der Waals surface area contributed by atoms with Crippen LogP contribution in [0.25, 0.3) is 11.0 Å². The lowest BCUT2D eigenvalue weighted by Gasteiger charge is -2.17. The first-order valence-corrected chi connectivity index (χ1v) is 9.84. The van der Waals surface area contributed by atoms with E-state index < -0.39 is 0 Å². The highest BCUT2D eigenvalue weighted by Crippen LogP contribution is 2.37. The third kappa shape index (κ3) is 3.33. The van der Waals surface area contributed by atoms with Gasteiger partial charge in [0.15, 0.2) is 0 Å². The van der Waals surface area contributed by atoms with E-state index in [1.807, 2.05) is 48.8 Å². The standard InChI is InChI=1S/C22H22N4O3/c1-29-18-7-5-16(6-8-18)25-12-15(11-21(25)27)24-22(28)14-2-9-20-19(10-14)23-13-26(20)17-3-4-17/h2,5-10,13,15,17H,3-4,11-12H2,1H3,(H,24,28). The molecule has 7 nitrogen and oxygen atoms in total. The predicted octanol–water partition coefficient (Wildman–Crippen LogP) is 2.92. The van der Waals surface area contributed by atoms with Crippen LogP contribution in [0.5, 0.6) is 5.75 Å². The van der Waals surface area contributed by atoms with Crippen molar-refractivity contribution in [3.05, 3.63) is 54.4 Å². The molecule has 1 N–H and O–H groups in total. The molecular weight excluding hydrogens is 368 g/mol. The van der Waals surface area contributed by atoms with Gasteiger partial charge in [0.05, 0.1) is 30.5 Å². The van der Waals surface area contributed by atoms with Crippen LogP contribution in [0.1, 0.15) is 35.7 Å². The maximum atomic E-state index is 12.7. The summed E-state index contributed by atoms with van der Waals surface area (Å²) in [5, 5.41) is 2.99. The molecule has 1 saturated carbocycles. The average Bonchev–Trinajstić information content (AvgIpc) is 3.39. The van der Waals surface area contributed by atoms with Gasteiger partial charge in [0.1, 0.15) is 5.75 Å². The molecule has 0 bridgehead atoms. The largest absolute Gasteiger partial charge is 0.497 e. The van der Waals surface area contributed by atoms with Crippen LogP contribution in [0.15, 0.2) is 48.8 Å². The number of hydrogen-bond donors (Lipinski definition) is 1. The SMILES string of the molecule is COc1ccc(N2CC(NC(=O)c3ccc4c(c3)ncn4C3CC3)CC2=O)cc1. The summed E-state index contributed by atoms with van der Waals surface area (Å²) in [4.78, 5) is 31.3. The number of anilines is 1. The summed E-state index contributed by atoms with van der Waals surface area (Å²) in [5.74, 6) is 0.561. The smallest absolute Gasteiger partial charge is 0.251 e. The molecule has 7 heteroatoms. The number of amides is 2. The minimum absolute atomic E-state index is 0.000838. The van der Waals surface area contributed by atoms with E-state index in [1.54, 1.807) is 12.0 Å². The molecule has 1 unspecified atom stereocenters. The second-order valence-electron chi connectivity index (χ2n) is 7.66. The van der Waals surface area contributed by atoms with Crippen molar-refractivity contribution < 1.29 is 14.3 Å². The Balaban J connectivity index is 1.28. The molecule has 0 spiro atoms. The minimum Gasteiger partial charge on any atom is -0.497 e. The van der Waals surface area contributed by atoms with Crippen LogP contribution in [0, 0.1) is 0 Å². The summed E-state index contributed by atoms with van der Waals surface area (Å²) >= 11 is 0. The summed E-state index contributed by atoms with van der Waals surface area (Å²) in [6, 6.07) is 13.3. The quantitative estimate of drug-likeness (QED) is 0.727. The number of methoxy groups -OCH3 is 1. The molecule has 2 heterocycles. The van der Waals surface area contributed by atoms with Crippen LogP contribution >= 0.6 is 0 Å². The van der Waals surface area contributed by atoms with Crippen molar-refractivity contribution in [2.45, 2.75) is 31.3 Å². The fourth-order valence-corrected chi connectivity index (χ4v) is 3.90. The number of benzene rings is 2. The Morgan fingerprint density at radius 2 is 1.97 bits per heavy atom. The number of nitrogens with one attached hydrogen (secondary N) is 1. The topological polar surface area (TPSA) is 76.5 Å². The van der Waals surface area contributed by atoms with Gasteiger partial charge in [-0.1, -0.05) is 0 Å². The molecule has 1 atom stereocenters. The lowest BCUT2D eigenvalue weighted by Crippen LogP contribution is -2.37. The molecular formula is C22H22N4O3. The van der Waals surface area contributed by atoms with Crippen LogP contribution in [-0.4, -0.2) is 41.1 Å². The van der Waals surface area contributed by atoms with E-state index in [0.29, 0.717) is 18.2 Å². The third-order valence-electron chi connectivity index (χ3n) is 5.62. The number of nitrogens with zero attached hydrogens (tertiary/aromatic N) is 3. The highest BCUT2D eigenvalue weighted by molar-refractivity contribution is 6.00. The minimum atomic E-state index is -0.225. The van der Waals surface area contributed by atoms with Crippen molar-refractivity contribution in [2.24, 2.45) is 0 Å². The number of aromatic nitrogens is 2. The molecule has 29 heavy (non-hydrogen) atoms. The van der Waals surface area contributed by atoms with Gasteiger partial charge in [-0.05, 0) is 55.3 Å². The van der Waals surface area contributed by atoms with E-state index in [1.165, 1.54) is 12.8 Å². The van der Waals surface area contributed by atoms with Gasteiger partial charge in [0.2, 0.25) is 5.91 Å². The summed E-state index contributed by atoms with van der Waals surface area (Å²) in [6.45, 7) is 0.454. The Kier molecular flexibility index (Phi) is 4.23. The van der Waals surface area contributed by atoms with Crippen molar-refractivity contribution in [3.63, 3.8) is 0 Å². The maximum Gasteiger partial charge on any atom is 0.251 e. The van der Waals surface area contributed by atoms with Crippen molar-refractivity contribution in [3.8, 4) is 5.75 Å². The molecule has 148 valence electrons. The molecule has 1 aromatic heterocycles. The third-order valence-corrected chi connectivity index (χ3v) is 5.62. The van der Waals surface area contributed by atoms with Crippen molar-refractivity contribution in [1.82, 2.24) is 14.9 Å². The number of carbonyl (C=O) groups excluding carboxylic acids is 2. The molecule has 2 amide bonds. The highest BCUT2D eigenvalue weighted by Gasteiger charge is 2.32. The van der Waals surface area contributed by atoms with E-state index in [2.05, 4.69) is 14.9 Å². The molecule has 2 fully saturated rings. The van der Waals surface area contributed by atoms with E-state index in [4.69, 9.17) is 4.74 Å². The molecule has 2 aliphatic rings. The summed E-state index contributed by atoms with van der Waals surface area (Å²) < 4.78 is 7.34. The van der Waals surface area contributed by atoms with Gasteiger partial charge in [0, 0.05) is 30.3 Å². The summed E-state index contributed by atoms with van der Waals surface area (Å²) in [7, 11) is 1.61. The lowest BCUT2D eigenvalue weighted by molar-refractivity contribution is -0.117. The number of ether oxygens (including phenoxy) is 1. The average molecular weight is 390 g/mol. The number of carbonyl (C=O) groups is 2. The van der Waals surface area contributed by atoms with Crippen molar-refractivity contribution in [1.29, 1.82) is 0 Å². The molecule has 1 aliphatic heterocycles. The van der Waals surface area contributed by atoms with E-state index >= 15 is 0 Å². The fourth-order valence-electron chi connectivity index (χ4n) is 3.90. The molecule has 5 rings (SSSR count). The molecule has 3 aromatic rings. The second kappa shape index (κ2) is 6.92. The van der Waals surface area contributed by atoms with Gasteiger partial charge in [-0.3, -0.25) is 9.59 Å². The molecule has 1 aliphatic carbocycles.